The highest BCUT2D eigenvalue weighted by Gasteiger charge is 2.29. The minimum Gasteiger partial charge on any atom is -0.448 e. The lowest BCUT2D eigenvalue weighted by Gasteiger charge is -2.30. The Hall–Kier alpha value is -3.00. The number of aromatic nitrogens is 2. The Bertz CT molecular complexity index is 1280. The molecule has 0 aliphatic carbocycles. The van der Waals surface area contributed by atoms with Crippen LogP contribution >= 0.6 is 11.3 Å². The Labute approximate surface area is 183 Å². The lowest BCUT2D eigenvalue weighted by atomic mass is 9.99. The number of fused-ring (bicyclic) bond motifs is 3. The molecule has 8 heteroatoms. The molecule has 0 spiro atoms. The first-order valence-corrected chi connectivity index (χ1v) is 11.3. The smallest absolute Gasteiger partial charge is 0.349 e. The van der Waals surface area contributed by atoms with Crippen molar-refractivity contribution in [2.45, 2.75) is 52.3 Å². The van der Waals surface area contributed by atoms with E-state index in [2.05, 4.69) is 11.1 Å². The number of thiophene rings is 1. The summed E-state index contributed by atoms with van der Waals surface area (Å²) < 4.78 is 7.23. The zero-order chi connectivity index (χ0) is 21.7. The summed E-state index contributed by atoms with van der Waals surface area (Å²) >= 11 is 1.17. The lowest BCUT2D eigenvalue weighted by Crippen LogP contribution is -2.42. The highest BCUT2D eigenvalue weighted by atomic mass is 32.1. The summed E-state index contributed by atoms with van der Waals surface area (Å²) in [6.07, 6.45) is 1.57. The number of nitrogens with zero attached hydrogens (tertiary/aromatic N) is 3. The maximum Gasteiger partial charge on any atom is 0.349 e. The molecule has 0 saturated carbocycles. The van der Waals surface area contributed by atoms with E-state index in [9.17, 15) is 14.4 Å². The fourth-order valence-electron chi connectivity index (χ4n) is 4.48. The van der Waals surface area contributed by atoms with E-state index in [0.717, 1.165) is 30.7 Å². The monoisotopic (exact) mass is 437 g/mol. The van der Waals surface area contributed by atoms with Gasteiger partial charge < -0.3 is 9.64 Å². The summed E-state index contributed by atoms with van der Waals surface area (Å²) in [5.74, 6) is -0.0188. The van der Waals surface area contributed by atoms with Crippen molar-refractivity contribution in [3.05, 3.63) is 62.0 Å². The van der Waals surface area contributed by atoms with Crippen molar-refractivity contribution in [1.29, 1.82) is 0 Å². The summed E-state index contributed by atoms with van der Waals surface area (Å²) in [4.78, 5) is 45.8. The predicted octanol–water partition coefficient (Wildman–Crippen LogP) is 2.84. The van der Waals surface area contributed by atoms with Crippen LogP contribution in [0, 0.1) is 6.92 Å². The third-order valence-electron chi connectivity index (χ3n) is 6.17. The quantitative estimate of drug-likeness (QED) is 0.589. The summed E-state index contributed by atoms with van der Waals surface area (Å²) in [5, 5.41) is 0.481. The third-order valence-corrected chi connectivity index (χ3v) is 7.34. The van der Waals surface area contributed by atoms with Crippen molar-refractivity contribution in [2.75, 3.05) is 6.54 Å². The number of carbonyl (C=O) groups is 2. The van der Waals surface area contributed by atoms with Gasteiger partial charge in [0.1, 0.15) is 15.5 Å². The van der Waals surface area contributed by atoms with Gasteiger partial charge in [0.25, 0.3) is 11.5 Å². The third kappa shape index (κ3) is 3.35. The van der Waals surface area contributed by atoms with Crippen LogP contribution in [0.2, 0.25) is 0 Å². The first-order valence-electron chi connectivity index (χ1n) is 10.5. The molecule has 0 N–H and O–H groups in total. The molecule has 1 amide bonds. The molecule has 1 atom stereocenters. The van der Waals surface area contributed by atoms with E-state index >= 15 is 0 Å². The average molecular weight is 438 g/mol. The molecular weight excluding hydrogens is 414 g/mol. The molecule has 31 heavy (non-hydrogen) atoms. The summed E-state index contributed by atoms with van der Waals surface area (Å²) in [6, 6.07) is 8.07. The van der Waals surface area contributed by atoms with Crippen LogP contribution in [0.15, 0.2) is 29.1 Å². The molecule has 0 bridgehead atoms. The maximum atomic E-state index is 12.9. The molecule has 1 aromatic carbocycles. The van der Waals surface area contributed by atoms with Gasteiger partial charge in [-0.1, -0.05) is 24.3 Å². The molecule has 7 nitrogen and oxygen atoms in total. The van der Waals surface area contributed by atoms with Crippen molar-refractivity contribution in [3.8, 4) is 0 Å². The molecule has 5 rings (SSSR count). The van der Waals surface area contributed by atoms with Gasteiger partial charge in [0, 0.05) is 26.1 Å². The number of aryl methyl sites for hydroxylation is 2. The van der Waals surface area contributed by atoms with Crippen LogP contribution in [-0.2, 0) is 35.5 Å². The van der Waals surface area contributed by atoms with Crippen molar-refractivity contribution in [1.82, 2.24) is 14.5 Å². The minimum atomic E-state index is -0.901. The molecule has 2 aliphatic rings. The van der Waals surface area contributed by atoms with Gasteiger partial charge >= 0.3 is 5.97 Å². The van der Waals surface area contributed by atoms with Crippen LogP contribution in [0.5, 0.6) is 0 Å². The predicted molar refractivity (Wildman–Crippen MR) is 117 cm³/mol. The number of benzene rings is 1. The number of hydrogen-bond donors (Lipinski definition) is 0. The molecular formula is C23H23N3O4S. The van der Waals surface area contributed by atoms with E-state index in [1.54, 1.807) is 23.3 Å². The number of esters is 1. The Morgan fingerprint density at radius 2 is 1.94 bits per heavy atom. The summed E-state index contributed by atoms with van der Waals surface area (Å²) in [6.45, 7) is 5.13. The Kier molecular flexibility index (Phi) is 4.89. The fourth-order valence-corrected chi connectivity index (χ4v) is 5.55. The van der Waals surface area contributed by atoms with E-state index in [-0.39, 0.29) is 11.5 Å². The SMILES string of the molecule is Cc1c(C(=O)O[C@@H](C)C(=O)N2CCc3ccccc3C2)sc2nc3n(c(=O)c12)CCC3. The zero-order valence-corrected chi connectivity index (χ0v) is 18.3. The van der Waals surface area contributed by atoms with E-state index in [0.29, 0.717) is 40.3 Å². The zero-order valence-electron chi connectivity index (χ0n) is 17.5. The summed E-state index contributed by atoms with van der Waals surface area (Å²) in [5.41, 5.74) is 2.86. The second kappa shape index (κ2) is 7.60. The average Bonchev–Trinajstić information content (AvgIpc) is 3.37. The fraction of sp³-hybridized carbons (Fsp3) is 0.391. The molecule has 160 valence electrons. The standard InChI is InChI=1S/C23H23N3O4S/c1-13-18-20(24-17-8-5-10-26(17)22(18)28)31-19(13)23(29)30-14(2)21(27)25-11-9-15-6-3-4-7-16(15)12-25/h3-4,6-7,14H,5,8-12H2,1-2H3/t14-/m0/s1. The van der Waals surface area contributed by atoms with Crippen LogP contribution in [0.4, 0.5) is 0 Å². The molecule has 3 aromatic rings. The number of hydrogen-bond acceptors (Lipinski definition) is 6. The Morgan fingerprint density at radius 3 is 2.74 bits per heavy atom. The van der Waals surface area contributed by atoms with E-state index in [4.69, 9.17) is 4.74 Å². The van der Waals surface area contributed by atoms with E-state index < -0.39 is 12.1 Å². The molecule has 0 saturated heterocycles. The minimum absolute atomic E-state index is 0.0959. The van der Waals surface area contributed by atoms with Crippen LogP contribution in [0.1, 0.15) is 45.5 Å². The van der Waals surface area contributed by atoms with Crippen molar-refractivity contribution in [3.63, 3.8) is 0 Å². The second-order valence-electron chi connectivity index (χ2n) is 8.15. The van der Waals surface area contributed by atoms with Gasteiger partial charge in [0.05, 0.1) is 5.39 Å². The summed E-state index contributed by atoms with van der Waals surface area (Å²) in [7, 11) is 0. The lowest BCUT2D eigenvalue weighted by molar-refractivity contribution is -0.140. The van der Waals surface area contributed by atoms with Crippen molar-refractivity contribution >= 4 is 33.4 Å². The molecule has 4 heterocycles. The van der Waals surface area contributed by atoms with Crippen LogP contribution in [0.3, 0.4) is 0 Å². The van der Waals surface area contributed by atoms with Crippen molar-refractivity contribution < 1.29 is 14.3 Å². The first-order chi connectivity index (χ1) is 14.9. The number of amides is 1. The van der Waals surface area contributed by atoms with E-state index in [1.807, 2.05) is 18.2 Å². The van der Waals surface area contributed by atoms with Gasteiger partial charge in [-0.15, -0.1) is 11.3 Å². The van der Waals surface area contributed by atoms with Crippen LogP contribution < -0.4 is 5.56 Å². The topological polar surface area (TPSA) is 81.5 Å². The normalized spacial score (nSPS) is 16.1. The van der Waals surface area contributed by atoms with Gasteiger partial charge in [0.15, 0.2) is 6.10 Å². The highest BCUT2D eigenvalue weighted by molar-refractivity contribution is 7.20. The molecule has 0 unspecified atom stereocenters. The molecule has 2 aliphatic heterocycles. The van der Waals surface area contributed by atoms with Gasteiger partial charge in [-0.2, -0.15) is 0 Å². The van der Waals surface area contributed by atoms with Gasteiger partial charge in [-0.05, 0) is 43.4 Å². The van der Waals surface area contributed by atoms with Crippen molar-refractivity contribution in [2.24, 2.45) is 0 Å². The van der Waals surface area contributed by atoms with Crippen LogP contribution in [-0.4, -0.2) is 39.0 Å². The van der Waals surface area contributed by atoms with Crippen LogP contribution in [0.25, 0.3) is 10.2 Å². The first kappa shape index (κ1) is 19.9. The number of ether oxygens (including phenoxy) is 1. The highest BCUT2D eigenvalue weighted by Crippen LogP contribution is 2.29. The Morgan fingerprint density at radius 1 is 1.16 bits per heavy atom. The molecule has 0 fully saturated rings. The molecule has 0 radical (unpaired) electrons. The Balaban J connectivity index is 1.35. The van der Waals surface area contributed by atoms with Gasteiger partial charge in [-0.3, -0.25) is 14.2 Å². The molecule has 2 aromatic heterocycles. The number of rotatable bonds is 3. The number of carbonyl (C=O) groups excluding carboxylic acids is 2. The van der Waals surface area contributed by atoms with Gasteiger partial charge in [-0.25, -0.2) is 9.78 Å². The van der Waals surface area contributed by atoms with E-state index in [1.165, 1.54) is 16.9 Å². The van der Waals surface area contributed by atoms with Gasteiger partial charge in [0.2, 0.25) is 0 Å². The largest absolute Gasteiger partial charge is 0.448 e. The second-order valence-corrected chi connectivity index (χ2v) is 9.15. The maximum absolute atomic E-state index is 12.9.